The SMILES string of the molecule is Cc1c2c(cc3c1-c1c(c(C(C)C)cc[n+]1C)C(C)(C)C3(C)C)-c1ccccc1C2.Cc1c2c(cc3c1-c1c(ccc[n+]1C)C(C)(C)C3(C)C)-c1ccccc1C2.Cc1cc2c([n+](C)c1)-c1c(cc3c(c1C)Cc1ccccc1-3)C(C)(C)C2(C)C.Cc1cc[n+](C)c2c1C(C)(C)C(C)(C)c1cc3c(c(C)c1-2)Cc1ccccc1-3. The lowest BCUT2D eigenvalue weighted by atomic mass is 9.54. The topological polar surface area (TPSA) is 15.5 Å². The first-order valence-electron chi connectivity index (χ1n) is 42.2. The molecule has 0 spiro atoms. The summed E-state index contributed by atoms with van der Waals surface area (Å²) in [6.07, 6.45) is 13.2. The van der Waals surface area contributed by atoms with Gasteiger partial charge in [0.05, 0.1) is 22.3 Å². The van der Waals surface area contributed by atoms with E-state index in [1.54, 1.807) is 5.56 Å². The molecule has 4 aromatic heterocycles. The van der Waals surface area contributed by atoms with E-state index >= 15 is 0 Å². The lowest BCUT2D eigenvalue weighted by Gasteiger charge is -2.48. The number of benzene rings is 8. The average molecular weight is 1490 g/mol. The molecule has 0 bridgehead atoms. The van der Waals surface area contributed by atoms with Crippen LogP contribution in [-0.2, 0) is 97.2 Å². The fourth-order valence-corrected chi connectivity index (χ4v) is 22.7. The van der Waals surface area contributed by atoms with Gasteiger partial charge in [0.25, 0.3) is 0 Å². The molecule has 0 N–H and O–H groups in total. The van der Waals surface area contributed by atoms with Gasteiger partial charge in [0.1, 0.15) is 28.2 Å². The van der Waals surface area contributed by atoms with Crippen molar-refractivity contribution in [3.8, 4) is 89.5 Å². The van der Waals surface area contributed by atoms with Gasteiger partial charge < -0.3 is 0 Å². The van der Waals surface area contributed by atoms with Crippen molar-refractivity contribution in [3.63, 3.8) is 0 Å². The Morgan fingerprint density at radius 3 is 0.956 bits per heavy atom. The van der Waals surface area contributed by atoms with Crippen LogP contribution in [0.2, 0.25) is 0 Å². The monoisotopic (exact) mass is 1490 g/mol. The van der Waals surface area contributed by atoms with Gasteiger partial charge in [-0.1, -0.05) is 222 Å². The van der Waals surface area contributed by atoms with E-state index in [1.807, 2.05) is 0 Å². The summed E-state index contributed by atoms with van der Waals surface area (Å²) in [5.74, 6) is 0.510. The van der Waals surface area contributed by atoms with Crippen LogP contribution in [0.25, 0.3) is 89.5 Å². The summed E-state index contributed by atoms with van der Waals surface area (Å²) in [4.78, 5) is 0. The van der Waals surface area contributed by atoms with Gasteiger partial charge in [-0.05, 0) is 276 Å². The molecule has 0 saturated carbocycles. The summed E-state index contributed by atoms with van der Waals surface area (Å²) in [5.41, 5.74) is 57.4. The molecule has 4 heterocycles. The van der Waals surface area contributed by atoms with Gasteiger partial charge in [-0.15, -0.1) is 0 Å². The summed E-state index contributed by atoms with van der Waals surface area (Å²) >= 11 is 0. The van der Waals surface area contributed by atoms with Crippen LogP contribution >= 0.6 is 0 Å². The molecule has 8 aliphatic carbocycles. The molecule has 4 nitrogen and oxygen atoms in total. The quantitative estimate of drug-likeness (QED) is 0.146. The first-order chi connectivity index (χ1) is 53.1. The number of hydrogen-bond donors (Lipinski definition) is 0. The van der Waals surface area contributed by atoms with Crippen LogP contribution in [0.1, 0.15) is 259 Å². The third kappa shape index (κ3) is 10.4. The number of pyridine rings is 4. The van der Waals surface area contributed by atoms with Gasteiger partial charge in [-0.25, -0.2) is 18.3 Å². The van der Waals surface area contributed by atoms with Gasteiger partial charge >= 0.3 is 0 Å². The van der Waals surface area contributed by atoms with E-state index in [0.717, 1.165) is 25.7 Å². The Labute approximate surface area is 677 Å². The zero-order valence-corrected chi connectivity index (χ0v) is 73.4. The van der Waals surface area contributed by atoms with E-state index in [0.29, 0.717) is 5.92 Å². The van der Waals surface area contributed by atoms with Gasteiger partial charge in [0, 0.05) is 67.7 Å². The first-order valence-corrected chi connectivity index (χ1v) is 42.2. The summed E-state index contributed by atoms with van der Waals surface area (Å²) < 4.78 is 9.41. The lowest BCUT2D eigenvalue weighted by Crippen LogP contribution is -2.49. The molecule has 0 radical (unpaired) electrons. The molecule has 0 unspecified atom stereocenters. The van der Waals surface area contributed by atoms with Gasteiger partial charge in [-0.2, -0.15) is 0 Å². The van der Waals surface area contributed by atoms with Crippen LogP contribution in [0.4, 0.5) is 0 Å². The molecule has 0 atom stereocenters. The second-order valence-electron chi connectivity index (χ2n) is 40.0. The number of nitrogens with zero attached hydrogens (tertiary/aromatic N) is 4. The van der Waals surface area contributed by atoms with Crippen LogP contribution in [-0.4, -0.2) is 0 Å². The zero-order valence-electron chi connectivity index (χ0n) is 73.4. The third-order valence-corrected chi connectivity index (χ3v) is 32.1. The summed E-state index contributed by atoms with van der Waals surface area (Å²) in [6.45, 7) is 57.5. The summed E-state index contributed by atoms with van der Waals surface area (Å²) in [7, 11) is 8.84. The molecule has 12 aromatic rings. The molecule has 0 fully saturated rings. The minimum absolute atomic E-state index is 0.0324. The second kappa shape index (κ2) is 25.4. The van der Waals surface area contributed by atoms with Gasteiger partial charge in [0.2, 0.25) is 22.8 Å². The predicted molar refractivity (Wildman–Crippen MR) is 472 cm³/mol. The maximum atomic E-state index is 2.54. The molecule has 574 valence electrons. The van der Waals surface area contributed by atoms with Crippen molar-refractivity contribution in [1.82, 2.24) is 0 Å². The van der Waals surface area contributed by atoms with Crippen LogP contribution < -0.4 is 18.3 Å². The Bertz CT molecular complexity index is 6140. The molecule has 8 aromatic carbocycles. The van der Waals surface area contributed by atoms with E-state index < -0.39 is 0 Å². The zero-order chi connectivity index (χ0) is 80.7. The van der Waals surface area contributed by atoms with Crippen molar-refractivity contribution in [1.29, 1.82) is 0 Å². The fourth-order valence-electron chi connectivity index (χ4n) is 22.7. The molecule has 0 saturated heterocycles. The Morgan fingerprint density at radius 2 is 0.575 bits per heavy atom. The van der Waals surface area contributed by atoms with Crippen molar-refractivity contribution < 1.29 is 18.3 Å². The third-order valence-electron chi connectivity index (χ3n) is 32.1. The Kier molecular flexibility index (Phi) is 17.1. The fraction of sp³-hybridized carbons (Fsp3) is 0.376. The molecule has 0 amide bonds. The molecule has 113 heavy (non-hydrogen) atoms. The summed E-state index contributed by atoms with van der Waals surface area (Å²) in [5, 5.41) is 0. The van der Waals surface area contributed by atoms with E-state index in [-0.39, 0.29) is 43.3 Å². The highest BCUT2D eigenvalue weighted by molar-refractivity contribution is 5.92. The predicted octanol–water partition coefficient (Wildman–Crippen LogP) is 24.2. The van der Waals surface area contributed by atoms with E-state index in [4.69, 9.17) is 0 Å². The minimum atomic E-state index is 0.0324. The standard InChI is InChI=1S/C29H34N.2C27H30N.C26H28N/c1-17(2)20-13-14-30(8)27-25-18(3)22-15-19-11-9-10-12-21(19)23(22)16-24(25)28(4,5)29(6,7)26(20)27;1-16-12-23-25(28(7)15-16)24-17(2)20-13-18-10-8-9-11-19(18)21(20)14-22(24)26(3,4)27(23,5)6;1-16-12-13-28(7)25-23-17(2)20-14-18-10-8-9-11-19(18)21(20)15-22(23)26(3,4)27(5,6)24(16)25;1-16-19-14-17-10-7-8-11-18(17)20(19)15-22-23(16)24-21(12-9-13-27(24)6)25(2,3)26(22,4)5/h9-14,16-17H,15H2,1-8H3;8-12,14-15H,13H2,1-7H3;8-13,15H,14H2,1-7H3;7-13,15H,14H2,1-6H3/q4*+1. The number of aryl methyl sites for hydroxylation is 6. The largest absolute Gasteiger partial charge is 0.216 e. The molecular weight excluding hydrogens is 1370 g/mol. The van der Waals surface area contributed by atoms with Gasteiger partial charge in [-0.3, -0.25) is 0 Å². The number of rotatable bonds is 1. The summed E-state index contributed by atoms with van der Waals surface area (Å²) in [6, 6.07) is 57.4. The Balaban J connectivity index is 0.000000109. The Morgan fingerprint density at radius 1 is 0.274 bits per heavy atom. The van der Waals surface area contributed by atoms with Crippen molar-refractivity contribution in [2.75, 3.05) is 0 Å². The smallest absolute Gasteiger partial charge is 0.201 e. The number of aromatic nitrogens is 4. The molecule has 4 heteroatoms. The minimum Gasteiger partial charge on any atom is -0.201 e. The number of hydrogen-bond acceptors (Lipinski definition) is 0. The van der Waals surface area contributed by atoms with E-state index in [1.165, 1.54) is 212 Å². The second-order valence-corrected chi connectivity index (χ2v) is 40.0. The van der Waals surface area contributed by atoms with Crippen LogP contribution in [0, 0.1) is 41.5 Å². The maximum absolute atomic E-state index is 2.54. The molecular formula is C109H122N4+4. The lowest BCUT2D eigenvalue weighted by molar-refractivity contribution is -0.661. The first kappa shape index (κ1) is 76.0. The normalized spacial score (nSPS) is 17.5. The van der Waals surface area contributed by atoms with Crippen LogP contribution in [0.15, 0.2) is 176 Å². The van der Waals surface area contributed by atoms with E-state index in [9.17, 15) is 0 Å². The van der Waals surface area contributed by atoms with Gasteiger partial charge in [0.15, 0.2) is 24.8 Å². The van der Waals surface area contributed by atoms with Crippen LogP contribution in [0.3, 0.4) is 0 Å². The molecule has 20 rings (SSSR count). The van der Waals surface area contributed by atoms with E-state index in [2.05, 4.69) is 389 Å². The molecule has 8 aliphatic rings. The maximum Gasteiger partial charge on any atom is 0.216 e. The average Bonchev–Trinajstić information content (AvgIpc) is 1.67. The Hall–Kier alpha value is -9.64. The van der Waals surface area contributed by atoms with Crippen LogP contribution in [0.5, 0.6) is 0 Å². The van der Waals surface area contributed by atoms with Crippen molar-refractivity contribution in [3.05, 3.63) is 304 Å². The highest BCUT2D eigenvalue weighted by Gasteiger charge is 2.56. The van der Waals surface area contributed by atoms with Crippen molar-refractivity contribution >= 4 is 0 Å². The molecule has 0 aliphatic heterocycles. The highest BCUT2D eigenvalue weighted by atomic mass is 15.0. The van der Waals surface area contributed by atoms with Crippen molar-refractivity contribution in [2.24, 2.45) is 28.2 Å². The van der Waals surface area contributed by atoms with Crippen molar-refractivity contribution in [2.45, 2.75) is 241 Å². The number of fused-ring (bicyclic) bond motifs is 24. The highest BCUT2D eigenvalue weighted by Crippen LogP contribution is 2.62.